The number of alkyl halides is 3. The molecule has 7 nitrogen and oxygen atoms in total. The van der Waals surface area contributed by atoms with Gasteiger partial charge in [-0.3, -0.25) is 0 Å². The van der Waals surface area contributed by atoms with Gasteiger partial charge in [0.2, 0.25) is 0 Å². The summed E-state index contributed by atoms with van der Waals surface area (Å²) in [6, 6.07) is 10.7. The zero-order valence-corrected chi connectivity index (χ0v) is 15.0. The molecular formula is C18H16F3N7. The van der Waals surface area contributed by atoms with E-state index in [4.69, 9.17) is 0 Å². The van der Waals surface area contributed by atoms with Crippen LogP contribution in [0.3, 0.4) is 0 Å². The summed E-state index contributed by atoms with van der Waals surface area (Å²) in [5.41, 5.74) is 1.97. The molecule has 10 heteroatoms. The van der Waals surface area contributed by atoms with Crippen molar-refractivity contribution in [2.45, 2.75) is 26.1 Å². The van der Waals surface area contributed by atoms with Gasteiger partial charge in [-0.05, 0) is 43.7 Å². The van der Waals surface area contributed by atoms with Crippen molar-refractivity contribution >= 4 is 11.5 Å². The average molecular weight is 387 g/mol. The molecule has 0 bridgehead atoms. The number of nitrogens with zero attached hydrogens (tertiary/aromatic N) is 6. The number of rotatable bonds is 4. The lowest BCUT2D eigenvalue weighted by Crippen LogP contribution is -2.14. The van der Waals surface area contributed by atoms with E-state index in [2.05, 4.69) is 25.6 Å². The fourth-order valence-electron chi connectivity index (χ4n) is 2.92. The Labute approximate surface area is 157 Å². The first-order chi connectivity index (χ1) is 13.3. The molecule has 1 N–H and O–H groups in total. The van der Waals surface area contributed by atoms with E-state index in [0.29, 0.717) is 10.3 Å². The molecule has 0 saturated heterocycles. The molecule has 4 rings (SSSR count). The Kier molecular flexibility index (Phi) is 4.25. The van der Waals surface area contributed by atoms with E-state index in [1.807, 2.05) is 48.9 Å². The van der Waals surface area contributed by atoms with Gasteiger partial charge in [0.05, 0.1) is 0 Å². The lowest BCUT2D eigenvalue weighted by Gasteiger charge is -2.16. The van der Waals surface area contributed by atoms with Crippen molar-refractivity contribution in [1.29, 1.82) is 0 Å². The lowest BCUT2D eigenvalue weighted by molar-refractivity contribution is -0.146. The van der Waals surface area contributed by atoms with Gasteiger partial charge in [-0.15, -0.1) is 15.3 Å². The van der Waals surface area contributed by atoms with Crippen LogP contribution in [0.25, 0.3) is 11.3 Å². The molecule has 0 spiro atoms. The maximum Gasteiger partial charge on any atom is 0.453 e. The number of nitrogens with one attached hydrogen (secondary N) is 1. The van der Waals surface area contributed by atoms with Crippen LogP contribution in [0.4, 0.5) is 19.0 Å². The highest BCUT2D eigenvalue weighted by Gasteiger charge is 2.37. The molecular weight excluding hydrogens is 371 g/mol. The fraction of sp³-hybridized carbons (Fsp3) is 0.222. The van der Waals surface area contributed by atoms with Crippen molar-refractivity contribution in [1.82, 2.24) is 29.4 Å². The molecule has 3 heterocycles. The summed E-state index contributed by atoms with van der Waals surface area (Å²) >= 11 is 0. The Balaban J connectivity index is 1.56. The van der Waals surface area contributed by atoms with Crippen LogP contribution in [0.2, 0.25) is 0 Å². The third-order valence-electron chi connectivity index (χ3n) is 4.38. The predicted octanol–water partition coefficient (Wildman–Crippen LogP) is 3.81. The Morgan fingerprint density at radius 1 is 1.04 bits per heavy atom. The second-order valence-corrected chi connectivity index (χ2v) is 6.31. The van der Waals surface area contributed by atoms with Crippen molar-refractivity contribution in [2.75, 3.05) is 5.32 Å². The molecule has 0 saturated carbocycles. The van der Waals surface area contributed by atoms with Gasteiger partial charge in [0, 0.05) is 24.1 Å². The van der Waals surface area contributed by atoms with E-state index < -0.39 is 12.0 Å². The summed E-state index contributed by atoms with van der Waals surface area (Å²) in [6.07, 6.45) is -1.02. The number of hydrogen-bond donors (Lipinski definition) is 1. The standard InChI is InChI=1S/C18H16F3N7/c1-11(13-3-5-14(6-4-13)27-10-9-22-12(27)2)23-15-7-8-16-24-25-17(18(19,20)21)28(16)26-15/h3-11H,1-2H3,(H,23,26). The number of imidazole rings is 1. The zero-order valence-electron chi connectivity index (χ0n) is 15.0. The molecule has 1 atom stereocenters. The van der Waals surface area contributed by atoms with Crippen molar-refractivity contribution in [2.24, 2.45) is 0 Å². The van der Waals surface area contributed by atoms with Gasteiger partial charge in [-0.25, -0.2) is 4.98 Å². The predicted molar refractivity (Wildman–Crippen MR) is 96.1 cm³/mol. The quantitative estimate of drug-likeness (QED) is 0.577. The van der Waals surface area contributed by atoms with E-state index in [1.165, 1.54) is 6.07 Å². The first-order valence-electron chi connectivity index (χ1n) is 8.49. The number of halogens is 3. The van der Waals surface area contributed by atoms with Crippen LogP contribution in [0.15, 0.2) is 48.8 Å². The monoisotopic (exact) mass is 387 g/mol. The van der Waals surface area contributed by atoms with Crippen molar-refractivity contribution in [3.63, 3.8) is 0 Å². The summed E-state index contributed by atoms with van der Waals surface area (Å²) in [4.78, 5) is 4.20. The van der Waals surface area contributed by atoms with Gasteiger partial charge in [-0.2, -0.15) is 17.7 Å². The molecule has 0 aliphatic rings. The topological polar surface area (TPSA) is 72.9 Å². The molecule has 0 aliphatic heterocycles. The Morgan fingerprint density at radius 3 is 2.43 bits per heavy atom. The second-order valence-electron chi connectivity index (χ2n) is 6.31. The van der Waals surface area contributed by atoms with Gasteiger partial charge in [-0.1, -0.05) is 12.1 Å². The van der Waals surface area contributed by atoms with E-state index in [-0.39, 0.29) is 11.7 Å². The van der Waals surface area contributed by atoms with Crippen molar-refractivity contribution < 1.29 is 13.2 Å². The number of aromatic nitrogens is 6. The van der Waals surface area contributed by atoms with Gasteiger partial charge in [0.1, 0.15) is 11.6 Å². The molecule has 0 aliphatic carbocycles. The van der Waals surface area contributed by atoms with Crippen LogP contribution in [-0.4, -0.2) is 29.4 Å². The van der Waals surface area contributed by atoms with Crippen LogP contribution in [-0.2, 0) is 6.18 Å². The van der Waals surface area contributed by atoms with Crippen LogP contribution >= 0.6 is 0 Å². The van der Waals surface area contributed by atoms with Gasteiger partial charge >= 0.3 is 6.18 Å². The third-order valence-corrected chi connectivity index (χ3v) is 4.38. The van der Waals surface area contributed by atoms with E-state index in [9.17, 15) is 13.2 Å². The molecule has 3 aromatic heterocycles. The summed E-state index contributed by atoms with van der Waals surface area (Å²) in [5.74, 6) is 0.0181. The van der Waals surface area contributed by atoms with Gasteiger partial charge < -0.3 is 9.88 Å². The maximum absolute atomic E-state index is 13.0. The van der Waals surface area contributed by atoms with Crippen molar-refractivity contribution in [3.05, 3.63) is 66.0 Å². The highest BCUT2D eigenvalue weighted by atomic mass is 19.4. The highest BCUT2D eigenvalue weighted by Crippen LogP contribution is 2.28. The summed E-state index contributed by atoms with van der Waals surface area (Å²) in [7, 11) is 0. The number of benzene rings is 1. The number of fused-ring (bicyclic) bond motifs is 1. The van der Waals surface area contributed by atoms with Gasteiger partial charge in [0.15, 0.2) is 5.65 Å². The Morgan fingerprint density at radius 2 is 1.79 bits per heavy atom. The Hall–Kier alpha value is -3.43. The number of hydrogen-bond acceptors (Lipinski definition) is 5. The van der Waals surface area contributed by atoms with E-state index >= 15 is 0 Å². The number of aryl methyl sites for hydroxylation is 1. The molecule has 144 valence electrons. The third kappa shape index (κ3) is 3.28. The minimum Gasteiger partial charge on any atom is -0.362 e. The summed E-state index contributed by atoms with van der Waals surface area (Å²) in [6.45, 7) is 3.82. The number of anilines is 1. The normalized spacial score (nSPS) is 13.0. The minimum atomic E-state index is -4.63. The van der Waals surface area contributed by atoms with E-state index in [0.717, 1.165) is 17.1 Å². The first-order valence-corrected chi connectivity index (χ1v) is 8.49. The molecule has 1 aromatic carbocycles. The zero-order chi connectivity index (χ0) is 19.9. The summed E-state index contributed by atoms with van der Waals surface area (Å²) < 4.78 is 41.7. The fourth-order valence-corrected chi connectivity index (χ4v) is 2.92. The van der Waals surface area contributed by atoms with Crippen LogP contribution in [0.1, 0.15) is 30.2 Å². The van der Waals surface area contributed by atoms with E-state index in [1.54, 1.807) is 12.3 Å². The van der Waals surface area contributed by atoms with Crippen LogP contribution in [0, 0.1) is 6.92 Å². The average Bonchev–Trinajstić information content (AvgIpc) is 3.27. The lowest BCUT2D eigenvalue weighted by atomic mass is 10.1. The molecule has 0 radical (unpaired) electrons. The minimum absolute atomic E-state index is 0.0329. The highest BCUT2D eigenvalue weighted by molar-refractivity contribution is 5.46. The molecule has 0 amide bonds. The SMILES string of the molecule is Cc1nccn1-c1ccc(C(C)Nc2ccc3nnc(C(F)(F)F)n3n2)cc1. The van der Waals surface area contributed by atoms with Crippen LogP contribution in [0.5, 0.6) is 0 Å². The molecule has 0 fully saturated rings. The molecule has 1 unspecified atom stereocenters. The smallest absolute Gasteiger partial charge is 0.362 e. The summed E-state index contributed by atoms with van der Waals surface area (Å²) in [5, 5.41) is 13.8. The van der Waals surface area contributed by atoms with Crippen molar-refractivity contribution in [3.8, 4) is 5.69 Å². The van der Waals surface area contributed by atoms with Gasteiger partial charge in [0.25, 0.3) is 5.82 Å². The van der Waals surface area contributed by atoms with Crippen LogP contribution < -0.4 is 5.32 Å². The maximum atomic E-state index is 13.0. The molecule has 28 heavy (non-hydrogen) atoms. The first kappa shape index (κ1) is 18.0. The largest absolute Gasteiger partial charge is 0.453 e. The second kappa shape index (κ2) is 6.63. The Bertz CT molecular complexity index is 1110. The molecule has 4 aromatic rings.